The summed E-state index contributed by atoms with van der Waals surface area (Å²) in [5.74, 6) is 0. The lowest BCUT2D eigenvalue weighted by atomic mass is 9.98. The molecule has 0 saturated heterocycles. The van der Waals surface area contributed by atoms with Crippen LogP contribution in [-0.2, 0) is 0 Å². The van der Waals surface area contributed by atoms with Gasteiger partial charge in [-0.2, -0.15) is 15.1 Å². The topological polar surface area (TPSA) is 71.2 Å². The highest BCUT2D eigenvalue weighted by atomic mass is 15.0. The van der Waals surface area contributed by atoms with E-state index in [2.05, 4.69) is 387 Å². The third-order valence-corrected chi connectivity index (χ3v) is 21.8. The highest BCUT2D eigenvalue weighted by Crippen LogP contribution is 2.42. The second kappa shape index (κ2) is 27.1. The van der Waals surface area contributed by atoms with Crippen molar-refractivity contribution in [1.82, 2.24) is 18.3 Å². The van der Waals surface area contributed by atoms with Crippen LogP contribution in [-0.4, -0.2) is 18.3 Å². The van der Waals surface area contributed by atoms with E-state index < -0.39 is 0 Å². The molecule has 0 saturated carbocycles. The minimum Gasteiger partial charge on any atom is -0.309 e. The molecule has 0 aliphatic carbocycles. The Morgan fingerprint density at radius 1 is 0.182 bits per heavy atom. The fourth-order valence-corrected chi connectivity index (χ4v) is 16.5. The number of benzene rings is 16. The van der Waals surface area contributed by atoms with Crippen molar-refractivity contribution >= 4 is 87.2 Å². The van der Waals surface area contributed by atoms with E-state index >= 15 is 0 Å². The predicted octanol–water partition coefficient (Wildman–Crippen LogP) is 25.8. The molecule has 0 fully saturated rings. The van der Waals surface area contributed by atoms with Crippen molar-refractivity contribution < 1.29 is 4.57 Å². The fraction of sp³-hybridized carbons (Fsp3) is 0. The van der Waals surface area contributed by atoms with Crippen molar-refractivity contribution in [3.05, 3.63) is 412 Å². The number of aromatic nitrogens is 5. The van der Waals surface area contributed by atoms with Crippen molar-refractivity contribution in [3.8, 4) is 107 Å². The van der Waals surface area contributed by atoms with Gasteiger partial charge in [0, 0.05) is 84.4 Å². The van der Waals surface area contributed by atoms with Gasteiger partial charge in [0.15, 0.2) is 12.4 Å². The maximum Gasteiger partial charge on any atom is 0.210 e. The van der Waals surface area contributed by atoms with Crippen molar-refractivity contribution in [2.45, 2.75) is 0 Å². The van der Waals surface area contributed by atoms with Gasteiger partial charge in [0.2, 0.25) is 5.69 Å². The Morgan fingerprint density at radius 3 is 0.873 bits per heavy atom. The minimum absolute atomic E-state index is 0.652. The number of hydrogen-bond acceptors (Lipinski definition) is 2. The summed E-state index contributed by atoms with van der Waals surface area (Å²) in [6, 6.07) is 143. The van der Waals surface area contributed by atoms with E-state index in [0.717, 1.165) is 56.1 Å². The van der Waals surface area contributed by atoms with E-state index in [1.165, 1.54) is 126 Å². The molecule has 0 aliphatic heterocycles. The molecule has 5 aromatic heterocycles. The van der Waals surface area contributed by atoms with Gasteiger partial charge in [-0.05, 0) is 194 Å². The van der Waals surface area contributed by atoms with Gasteiger partial charge >= 0.3 is 0 Å². The zero-order valence-corrected chi connectivity index (χ0v) is 59.7. The largest absolute Gasteiger partial charge is 0.309 e. The lowest BCUT2D eigenvalue weighted by Crippen LogP contribution is -2.29. The molecule has 7 heteroatoms. The third kappa shape index (κ3) is 11.3. The Balaban J connectivity index is 0.000000145. The van der Waals surface area contributed by atoms with Gasteiger partial charge in [-0.1, -0.05) is 237 Å². The quantitative estimate of drug-likeness (QED) is 0.121. The molecule has 16 aromatic carbocycles. The molecule has 0 bridgehead atoms. The van der Waals surface area contributed by atoms with Gasteiger partial charge in [0.25, 0.3) is 0 Å². The number of fused-ring (bicyclic) bond motifs is 12. The van der Waals surface area contributed by atoms with Gasteiger partial charge in [0.05, 0.1) is 73.1 Å². The Hall–Kier alpha value is -15.2. The number of rotatable bonds is 11. The molecule has 5 heterocycles. The van der Waals surface area contributed by atoms with E-state index in [9.17, 15) is 10.5 Å². The zero-order chi connectivity index (χ0) is 73.2. The van der Waals surface area contributed by atoms with Crippen LogP contribution in [0.4, 0.5) is 0 Å². The van der Waals surface area contributed by atoms with Gasteiger partial charge in [-0.15, -0.1) is 0 Å². The molecule has 0 aliphatic rings. The normalized spacial score (nSPS) is 11.4. The molecule has 7 nitrogen and oxygen atoms in total. The Morgan fingerprint density at radius 2 is 0.464 bits per heavy atom. The van der Waals surface area contributed by atoms with Crippen LogP contribution in [0.15, 0.2) is 401 Å². The second-order valence-electron chi connectivity index (χ2n) is 28.1. The van der Waals surface area contributed by atoms with Crippen molar-refractivity contribution in [1.29, 1.82) is 10.5 Å². The molecular formula is C103H66N7+. The van der Waals surface area contributed by atoms with E-state index in [1.807, 2.05) is 48.5 Å². The zero-order valence-electron chi connectivity index (χ0n) is 59.7. The van der Waals surface area contributed by atoms with Crippen LogP contribution in [0.5, 0.6) is 0 Å². The van der Waals surface area contributed by atoms with Gasteiger partial charge in [0.1, 0.15) is 0 Å². The first-order valence-electron chi connectivity index (χ1n) is 37.1. The Kier molecular flexibility index (Phi) is 15.9. The van der Waals surface area contributed by atoms with Crippen LogP contribution in [0.1, 0.15) is 11.1 Å². The summed E-state index contributed by atoms with van der Waals surface area (Å²) >= 11 is 0. The molecule has 0 radical (unpaired) electrons. The van der Waals surface area contributed by atoms with Crippen LogP contribution < -0.4 is 4.57 Å². The standard InChI is InChI=1S/C54H35N4.C49H31N3/c55-36-37-17-19-38(20-18-37)41-9-8-12-46(33-41)58-52-16-7-5-14-48(52)50-35-43(26-28-54(50)58)40-23-21-39(22-24-40)42-25-27-53-49(34-42)47-13-4-6-15-51(47)57(53)45-29-31-56(32-30-45)44-10-2-1-3-11-44;50-32-33-9-8-12-41(29-33)52-47-16-7-5-14-43(47)45-31-39(24-28-49(45)52)37-19-17-36(18-20-37)38-23-27-48-44(30-38)42-13-4-6-15-46(42)51(48)40-25-21-35(22-26-40)34-10-2-1-3-11-34/h1-35H;1-31H/q+1;. The number of nitrogens with zero attached hydrogens (tertiary/aromatic N) is 7. The average Bonchev–Trinajstić information content (AvgIpc) is 1.61. The van der Waals surface area contributed by atoms with Crippen LogP contribution in [0, 0.1) is 22.7 Å². The molecular weight excluding hydrogens is 1340 g/mol. The molecule has 512 valence electrons. The van der Waals surface area contributed by atoms with Crippen LogP contribution in [0.25, 0.3) is 182 Å². The first-order valence-corrected chi connectivity index (χ1v) is 37.1. The molecule has 21 rings (SSSR count). The predicted molar refractivity (Wildman–Crippen MR) is 454 cm³/mol. The summed E-state index contributed by atoms with van der Waals surface area (Å²) < 4.78 is 11.5. The minimum atomic E-state index is 0.652. The van der Waals surface area contributed by atoms with E-state index in [0.29, 0.717) is 11.1 Å². The fourth-order valence-electron chi connectivity index (χ4n) is 16.5. The molecule has 0 spiro atoms. The molecule has 0 unspecified atom stereocenters. The number of hydrogen-bond donors (Lipinski definition) is 0. The monoisotopic (exact) mass is 1400 g/mol. The highest BCUT2D eigenvalue weighted by Gasteiger charge is 2.20. The number of pyridine rings is 1. The SMILES string of the molecule is N#Cc1ccc(-c2cccc(-n3c4ccccc4c4cc(-c5ccc(-c6ccc7c(c6)c6ccccc6n7-c6cc[n+](-c7ccccc7)cc6)cc5)ccc43)c2)cc1.N#Cc1cccc(-n2c3ccccc3c3cc(-c4ccc(-c5ccc6c(c5)c5ccccc5n6-c5ccc(-c6ccccc6)cc5)cc4)ccc32)c1. The number of para-hydroxylation sites is 5. The first-order chi connectivity index (χ1) is 54.4. The first kappa shape index (κ1) is 64.5. The Bertz CT molecular complexity index is 7230. The third-order valence-electron chi connectivity index (χ3n) is 21.8. The van der Waals surface area contributed by atoms with Gasteiger partial charge in [-0.3, -0.25) is 0 Å². The summed E-state index contributed by atoms with van der Waals surface area (Å²) in [4.78, 5) is 0. The maximum atomic E-state index is 9.55. The molecule has 0 atom stereocenters. The number of nitriles is 2. The second-order valence-corrected chi connectivity index (χ2v) is 28.1. The van der Waals surface area contributed by atoms with Crippen LogP contribution >= 0.6 is 0 Å². The van der Waals surface area contributed by atoms with E-state index in [1.54, 1.807) is 0 Å². The lowest BCUT2D eigenvalue weighted by molar-refractivity contribution is -0.595. The van der Waals surface area contributed by atoms with Crippen molar-refractivity contribution in [3.63, 3.8) is 0 Å². The maximum absolute atomic E-state index is 9.55. The average molecular weight is 1400 g/mol. The smallest absolute Gasteiger partial charge is 0.210 e. The summed E-state index contributed by atoms with van der Waals surface area (Å²) in [5.41, 5.74) is 30.3. The van der Waals surface area contributed by atoms with Crippen LogP contribution in [0.2, 0.25) is 0 Å². The van der Waals surface area contributed by atoms with Crippen molar-refractivity contribution in [2.75, 3.05) is 0 Å². The van der Waals surface area contributed by atoms with Gasteiger partial charge < -0.3 is 18.3 Å². The summed E-state index contributed by atoms with van der Waals surface area (Å²) in [6.45, 7) is 0. The Labute approximate surface area is 635 Å². The molecule has 21 aromatic rings. The van der Waals surface area contributed by atoms with Crippen molar-refractivity contribution in [2.24, 2.45) is 0 Å². The van der Waals surface area contributed by atoms with E-state index in [4.69, 9.17) is 0 Å². The van der Waals surface area contributed by atoms with Gasteiger partial charge in [-0.25, -0.2) is 0 Å². The van der Waals surface area contributed by atoms with E-state index in [-0.39, 0.29) is 0 Å². The molecule has 0 amide bonds. The van der Waals surface area contributed by atoms with Crippen LogP contribution in [0.3, 0.4) is 0 Å². The summed E-state index contributed by atoms with van der Waals surface area (Å²) in [5, 5.41) is 28.6. The lowest BCUT2D eigenvalue weighted by Gasteiger charge is -2.11. The highest BCUT2D eigenvalue weighted by molar-refractivity contribution is 6.14. The summed E-state index contributed by atoms with van der Waals surface area (Å²) in [6.07, 6.45) is 4.27. The summed E-state index contributed by atoms with van der Waals surface area (Å²) in [7, 11) is 0. The molecule has 0 N–H and O–H groups in total. The molecule has 110 heavy (non-hydrogen) atoms.